The van der Waals surface area contributed by atoms with Crippen molar-refractivity contribution in [2.45, 2.75) is 59.0 Å². The van der Waals surface area contributed by atoms with Crippen LogP contribution in [0.15, 0.2) is 18.2 Å². The zero-order valence-corrected chi connectivity index (χ0v) is 16.8. The van der Waals surface area contributed by atoms with Crippen LogP contribution in [-0.4, -0.2) is 37.3 Å². The summed E-state index contributed by atoms with van der Waals surface area (Å²) in [6, 6.07) is 5.05. The molecule has 0 aliphatic heterocycles. The van der Waals surface area contributed by atoms with Crippen molar-refractivity contribution in [3.8, 4) is 5.75 Å². The second kappa shape index (κ2) is 9.74. The Morgan fingerprint density at radius 3 is 2.52 bits per heavy atom. The first-order valence-corrected chi connectivity index (χ1v) is 9.85. The SMILES string of the molecule is CCCCOc1ccc(NC(=O)[C@@](C)(OCC)C2CC2)cc1C(=O)OCC. The van der Waals surface area contributed by atoms with Crippen molar-refractivity contribution in [3.63, 3.8) is 0 Å². The highest BCUT2D eigenvalue weighted by atomic mass is 16.5. The summed E-state index contributed by atoms with van der Waals surface area (Å²) in [5.74, 6) is 0.0458. The van der Waals surface area contributed by atoms with Gasteiger partial charge in [-0.1, -0.05) is 13.3 Å². The Kier molecular flexibility index (Phi) is 7.66. The number of hydrogen-bond acceptors (Lipinski definition) is 5. The van der Waals surface area contributed by atoms with Crippen molar-refractivity contribution in [2.75, 3.05) is 25.1 Å². The molecule has 0 aromatic heterocycles. The number of esters is 1. The molecule has 0 unspecified atom stereocenters. The third kappa shape index (κ3) is 5.45. The van der Waals surface area contributed by atoms with Gasteiger partial charge in [0, 0.05) is 12.3 Å². The van der Waals surface area contributed by atoms with Crippen LogP contribution in [0.1, 0.15) is 63.7 Å². The Morgan fingerprint density at radius 1 is 1.19 bits per heavy atom. The van der Waals surface area contributed by atoms with E-state index in [0.29, 0.717) is 30.2 Å². The van der Waals surface area contributed by atoms with E-state index in [9.17, 15) is 9.59 Å². The first-order valence-electron chi connectivity index (χ1n) is 9.85. The molecule has 6 heteroatoms. The van der Waals surface area contributed by atoms with Gasteiger partial charge in [0.05, 0.1) is 13.2 Å². The van der Waals surface area contributed by atoms with Crippen LogP contribution in [0, 0.1) is 5.92 Å². The predicted molar refractivity (Wildman–Crippen MR) is 104 cm³/mol. The minimum Gasteiger partial charge on any atom is -0.493 e. The fourth-order valence-electron chi connectivity index (χ4n) is 2.99. The fraction of sp³-hybridized carbons (Fsp3) is 0.619. The van der Waals surface area contributed by atoms with Gasteiger partial charge in [-0.15, -0.1) is 0 Å². The molecular weight excluding hydrogens is 346 g/mol. The summed E-state index contributed by atoms with van der Waals surface area (Å²) < 4.78 is 16.6. The van der Waals surface area contributed by atoms with Gasteiger partial charge in [0.1, 0.15) is 16.9 Å². The lowest BCUT2D eigenvalue weighted by molar-refractivity contribution is -0.141. The molecule has 1 atom stereocenters. The average molecular weight is 377 g/mol. The average Bonchev–Trinajstić information content (AvgIpc) is 3.48. The molecular formula is C21H31NO5. The Morgan fingerprint density at radius 2 is 1.93 bits per heavy atom. The van der Waals surface area contributed by atoms with Crippen LogP contribution in [0.25, 0.3) is 0 Å². The molecule has 2 rings (SSSR count). The van der Waals surface area contributed by atoms with Crippen LogP contribution in [0.4, 0.5) is 5.69 Å². The van der Waals surface area contributed by atoms with E-state index in [0.717, 1.165) is 25.7 Å². The second-order valence-electron chi connectivity index (χ2n) is 6.90. The molecule has 0 saturated heterocycles. The maximum Gasteiger partial charge on any atom is 0.341 e. The van der Waals surface area contributed by atoms with Crippen LogP contribution in [-0.2, 0) is 14.3 Å². The Balaban J connectivity index is 2.19. The van der Waals surface area contributed by atoms with Crippen molar-refractivity contribution >= 4 is 17.6 Å². The van der Waals surface area contributed by atoms with Crippen LogP contribution in [0.2, 0.25) is 0 Å². The normalized spacial score (nSPS) is 15.7. The molecule has 0 spiro atoms. The van der Waals surface area contributed by atoms with Gasteiger partial charge >= 0.3 is 5.97 Å². The van der Waals surface area contributed by atoms with Crippen LogP contribution in [0.5, 0.6) is 5.75 Å². The van der Waals surface area contributed by atoms with Crippen LogP contribution < -0.4 is 10.1 Å². The minimum atomic E-state index is -0.852. The lowest BCUT2D eigenvalue weighted by Gasteiger charge is -2.28. The van der Waals surface area contributed by atoms with Crippen molar-refractivity contribution in [3.05, 3.63) is 23.8 Å². The maximum atomic E-state index is 12.8. The Labute approximate surface area is 161 Å². The summed E-state index contributed by atoms with van der Waals surface area (Å²) in [6.07, 6.45) is 3.87. The maximum absolute atomic E-state index is 12.8. The Hall–Kier alpha value is -2.08. The third-order valence-electron chi connectivity index (χ3n) is 4.74. The molecule has 1 aliphatic rings. The third-order valence-corrected chi connectivity index (χ3v) is 4.74. The highest BCUT2D eigenvalue weighted by Gasteiger charge is 2.48. The second-order valence-corrected chi connectivity index (χ2v) is 6.90. The molecule has 150 valence electrons. The smallest absolute Gasteiger partial charge is 0.341 e. The standard InChI is InChI=1S/C21H31NO5/c1-5-8-13-26-18-12-11-16(14-17(18)19(23)25-6-2)22-20(24)21(4,27-7-3)15-9-10-15/h11-12,14-15H,5-10,13H2,1-4H3,(H,22,24)/t21-/m0/s1. The first kappa shape index (κ1) is 21.2. The summed E-state index contributed by atoms with van der Waals surface area (Å²) in [4.78, 5) is 25.1. The number of carbonyl (C=O) groups excluding carboxylic acids is 2. The zero-order chi connectivity index (χ0) is 19.9. The van der Waals surface area contributed by atoms with Gasteiger partial charge in [-0.2, -0.15) is 0 Å². The van der Waals surface area contributed by atoms with E-state index in [1.807, 2.05) is 13.8 Å². The highest BCUT2D eigenvalue weighted by Crippen LogP contribution is 2.42. The summed E-state index contributed by atoms with van der Waals surface area (Å²) in [5, 5.41) is 2.89. The van der Waals surface area contributed by atoms with Gasteiger partial charge in [-0.25, -0.2) is 4.79 Å². The van der Waals surface area contributed by atoms with E-state index in [1.165, 1.54) is 0 Å². The lowest BCUT2D eigenvalue weighted by atomic mass is 9.98. The van der Waals surface area contributed by atoms with E-state index in [1.54, 1.807) is 25.1 Å². The summed E-state index contributed by atoms with van der Waals surface area (Å²) >= 11 is 0. The molecule has 1 aromatic carbocycles. The highest BCUT2D eigenvalue weighted by molar-refractivity contribution is 6.00. The molecule has 0 heterocycles. The van der Waals surface area contributed by atoms with E-state index < -0.39 is 11.6 Å². The monoisotopic (exact) mass is 377 g/mol. The lowest BCUT2D eigenvalue weighted by Crippen LogP contribution is -2.44. The Bertz CT molecular complexity index is 656. The topological polar surface area (TPSA) is 73.9 Å². The molecule has 1 amide bonds. The number of benzene rings is 1. The van der Waals surface area contributed by atoms with Crippen molar-refractivity contribution in [2.24, 2.45) is 5.92 Å². The number of nitrogens with one attached hydrogen (secondary N) is 1. The molecule has 1 saturated carbocycles. The molecule has 6 nitrogen and oxygen atoms in total. The van der Waals surface area contributed by atoms with Crippen molar-refractivity contribution < 1.29 is 23.8 Å². The largest absolute Gasteiger partial charge is 0.493 e. The van der Waals surface area contributed by atoms with Gasteiger partial charge in [0.15, 0.2) is 0 Å². The summed E-state index contributed by atoms with van der Waals surface area (Å²) in [6.45, 7) is 8.81. The first-order chi connectivity index (χ1) is 13.0. The van der Waals surface area contributed by atoms with Gasteiger partial charge in [0.25, 0.3) is 5.91 Å². The minimum absolute atomic E-state index is 0.193. The van der Waals surface area contributed by atoms with Crippen LogP contribution in [0.3, 0.4) is 0 Å². The number of ether oxygens (including phenoxy) is 3. The van der Waals surface area contributed by atoms with E-state index >= 15 is 0 Å². The number of unbranched alkanes of at least 4 members (excludes halogenated alkanes) is 1. The molecule has 0 bridgehead atoms. The fourth-order valence-corrected chi connectivity index (χ4v) is 2.99. The molecule has 0 radical (unpaired) electrons. The zero-order valence-electron chi connectivity index (χ0n) is 16.8. The summed E-state index contributed by atoms with van der Waals surface area (Å²) in [5.41, 5.74) is -0.0115. The van der Waals surface area contributed by atoms with Gasteiger partial charge < -0.3 is 19.5 Å². The molecule has 1 aromatic rings. The van der Waals surface area contributed by atoms with Crippen molar-refractivity contribution in [1.29, 1.82) is 0 Å². The molecule has 1 fully saturated rings. The molecule has 27 heavy (non-hydrogen) atoms. The van der Waals surface area contributed by atoms with E-state index in [4.69, 9.17) is 14.2 Å². The van der Waals surface area contributed by atoms with E-state index in [2.05, 4.69) is 12.2 Å². The van der Waals surface area contributed by atoms with Gasteiger partial charge in [-0.3, -0.25) is 4.79 Å². The van der Waals surface area contributed by atoms with Crippen LogP contribution >= 0.6 is 0 Å². The molecule has 1 aliphatic carbocycles. The molecule has 1 N–H and O–H groups in total. The number of hydrogen-bond donors (Lipinski definition) is 1. The number of amides is 1. The quantitative estimate of drug-likeness (QED) is 0.462. The van der Waals surface area contributed by atoms with E-state index in [-0.39, 0.29) is 18.4 Å². The number of rotatable bonds is 11. The number of carbonyl (C=O) groups is 2. The predicted octanol–water partition coefficient (Wildman–Crippen LogP) is 4.19. The van der Waals surface area contributed by atoms with Crippen molar-refractivity contribution in [1.82, 2.24) is 0 Å². The van der Waals surface area contributed by atoms with Gasteiger partial charge in [-0.05, 0) is 64.2 Å². The number of anilines is 1. The summed E-state index contributed by atoms with van der Waals surface area (Å²) in [7, 11) is 0. The van der Waals surface area contributed by atoms with Gasteiger partial charge in [0.2, 0.25) is 0 Å².